The zero-order valence-electron chi connectivity index (χ0n) is 13.9. The van der Waals surface area contributed by atoms with Crippen molar-refractivity contribution in [3.05, 3.63) is 28.8 Å². The molecule has 1 atom stereocenters. The predicted molar refractivity (Wildman–Crippen MR) is 92.8 cm³/mol. The van der Waals surface area contributed by atoms with Crippen molar-refractivity contribution in [2.24, 2.45) is 5.16 Å². The topological polar surface area (TPSA) is 89.0 Å². The van der Waals surface area contributed by atoms with Gasteiger partial charge < -0.3 is 20.2 Å². The molecule has 1 aliphatic carbocycles. The number of nitrogens with zero attached hydrogens (tertiary/aromatic N) is 1. The number of amides is 2. The van der Waals surface area contributed by atoms with Crippen LogP contribution in [0.15, 0.2) is 23.4 Å². The van der Waals surface area contributed by atoms with Crippen molar-refractivity contribution in [2.45, 2.75) is 37.8 Å². The van der Waals surface area contributed by atoms with Gasteiger partial charge in [0, 0.05) is 31.0 Å². The first kappa shape index (κ1) is 17.5. The van der Waals surface area contributed by atoms with Crippen LogP contribution in [-0.4, -0.2) is 43.3 Å². The third kappa shape index (κ3) is 4.63. The third-order valence-electron chi connectivity index (χ3n) is 4.04. The van der Waals surface area contributed by atoms with E-state index in [1.165, 1.54) is 0 Å². The van der Waals surface area contributed by atoms with Crippen LogP contribution in [0.4, 0.5) is 0 Å². The largest absolute Gasteiger partial charge is 0.497 e. The number of ether oxygens (including phenoxy) is 1. The minimum Gasteiger partial charge on any atom is -0.497 e. The summed E-state index contributed by atoms with van der Waals surface area (Å²) in [6.07, 6.45) is 1.93. The molecule has 1 aromatic carbocycles. The summed E-state index contributed by atoms with van der Waals surface area (Å²) < 4.78 is 5.18. The second-order valence-corrected chi connectivity index (χ2v) is 6.47. The summed E-state index contributed by atoms with van der Waals surface area (Å²) in [5, 5.41) is 10.1. The summed E-state index contributed by atoms with van der Waals surface area (Å²) in [6, 6.07) is 5.54. The Morgan fingerprint density at radius 2 is 2.20 bits per heavy atom. The van der Waals surface area contributed by atoms with Crippen molar-refractivity contribution in [3.8, 4) is 5.75 Å². The number of hydrogen-bond acceptors (Lipinski definition) is 5. The molecule has 7 nitrogen and oxygen atoms in total. The van der Waals surface area contributed by atoms with Crippen LogP contribution in [0.25, 0.3) is 0 Å². The predicted octanol–water partition coefficient (Wildman–Crippen LogP) is 1.63. The normalized spacial score (nSPS) is 19.0. The zero-order chi connectivity index (χ0) is 17.8. The average Bonchev–Trinajstić information content (AvgIpc) is 3.27. The van der Waals surface area contributed by atoms with E-state index in [1.54, 1.807) is 25.3 Å². The molecule has 2 N–H and O–H groups in total. The first-order chi connectivity index (χ1) is 12.1. The molecule has 2 amide bonds. The van der Waals surface area contributed by atoms with Gasteiger partial charge in [-0.25, -0.2) is 0 Å². The Morgan fingerprint density at radius 1 is 1.40 bits per heavy atom. The van der Waals surface area contributed by atoms with Gasteiger partial charge in [-0.1, -0.05) is 16.8 Å². The Hall–Kier alpha value is -2.28. The lowest BCUT2D eigenvalue weighted by molar-refractivity contribution is -0.131. The van der Waals surface area contributed by atoms with Crippen molar-refractivity contribution in [3.63, 3.8) is 0 Å². The van der Waals surface area contributed by atoms with Crippen LogP contribution >= 0.6 is 11.6 Å². The Balaban J connectivity index is 1.48. The van der Waals surface area contributed by atoms with Crippen LogP contribution in [0, 0.1) is 0 Å². The lowest BCUT2D eigenvalue weighted by atomic mass is 10.0. The summed E-state index contributed by atoms with van der Waals surface area (Å²) in [6.45, 7) is 0.270. The maximum absolute atomic E-state index is 12.1. The van der Waals surface area contributed by atoms with Crippen molar-refractivity contribution in [2.75, 3.05) is 13.7 Å². The molecule has 0 bridgehead atoms. The molecule has 0 aromatic heterocycles. The first-order valence-corrected chi connectivity index (χ1v) is 8.58. The Labute approximate surface area is 150 Å². The van der Waals surface area contributed by atoms with E-state index in [0.29, 0.717) is 34.5 Å². The molecule has 0 saturated heterocycles. The molecule has 1 unspecified atom stereocenters. The van der Waals surface area contributed by atoms with E-state index in [9.17, 15) is 9.59 Å². The Morgan fingerprint density at radius 3 is 2.92 bits per heavy atom. The zero-order valence-corrected chi connectivity index (χ0v) is 14.6. The monoisotopic (exact) mass is 365 g/mol. The number of oxime groups is 1. The van der Waals surface area contributed by atoms with Crippen LogP contribution in [0.2, 0.25) is 5.02 Å². The van der Waals surface area contributed by atoms with E-state index in [0.717, 1.165) is 12.8 Å². The van der Waals surface area contributed by atoms with Crippen LogP contribution < -0.4 is 15.4 Å². The van der Waals surface area contributed by atoms with Crippen molar-refractivity contribution < 1.29 is 19.2 Å². The highest BCUT2D eigenvalue weighted by molar-refractivity contribution is 6.34. The van der Waals surface area contributed by atoms with E-state index in [-0.39, 0.29) is 24.8 Å². The fourth-order valence-corrected chi connectivity index (χ4v) is 2.70. The fraction of sp³-hybridized carbons (Fsp3) is 0.471. The number of rotatable bonds is 7. The van der Waals surface area contributed by atoms with E-state index in [2.05, 4.69) is 15.8 Å². The molecule has 1 saturated carbocycles. The smallest absolute Gasteiger partial charge is 0.264 e. The quantitative estimate of drug-likeness (QED) is 0.768. The van der Waals surface area contributed by atoms with Gasteiger partial charge in [-0.05, 0) is 31.0 Å². The molecule has 25 heavy (non-hydrogen) atoms. The van der Waals surface area contributed by atoms with E-state index < -0.39 is 6.10 Å². The standard InChI is InChI=1S/C17H20ClN3O4/c1-24-11-4-5-13(18)12(8-11)14-9-15(25-21-14)17(23)19-7-6-16(22)20-10-2-3-10/h4-5,8,10,15H,2-3,6-7,9H2,1H3,(H,19,23)(H,20,22). The van der Waals surface area contributed by atoms with Crippen LogP contribution in [0.1, 0.15) is 31.2 Å². The lowest BCUT2D eigenvalue weighted by Crippen LogP contribution is -2.37. The highest BCUT2D eigenvalue weighted by atomic mass is 35.5. The SMILES string of the molecule is COc1ccc(Cl)c(C2=NOC(C(=O)NCCC(=O)NC3CC3)C2)c1. The van der Waals surface area contributed by atoms with Crippen LogP contribution in [-0.2, 0) is 14.4 Å². The third-order valence-corrected chi connectivity index (χ3v) is 4.37. The number of methoxy groups -OCH3 is 1. The summed E-state index contributed by atoms with van der Waals surface area (Å²) in [4.78, 5) is 29.0. The maximum atomic E-state index is 12.1. The molecule has 1 aliphatic heterocycles. The lowest BCUT2D eigenvalue weighted by Gasteiger charge is -2.10. The summed E-state index contributed by atoms with van der Waals surface area (Å²) >= 11 is 6.19. The number of nitrogens with one attached hydrogen (secondary N) is 2. The van der Waals surface area contributed by atoms with Gasteiger partial charge in [-0.15, -0.1) is 0 Å². The number of hydrogen-bond donors (Lipinski definition) is 2. The summed E-state index contributed by atoms with van der Waals surface area (Å²) in [7, 11) is 1.57. The molecule has 134 valence electrons. The van der Waals surface area contributed by atoms with Gasteiger partial charge in [0.15, 0.2) is 0 Å². The van der Waals surface area contributed by atoms with Crippen molar-refractivity contribution >= 4 is 29.1 Å². The minimum absolute atomic E-state index is 0.0461. The summed E-state index contributed by atoms with van der Waals surface area (Å²) in [5.74, 6) is 0.309. The Bertz CT molecular complexity index is 703. The van der Waals surface area contributed by atoms with E-state index in [4.69, 9.17) is 21.2 Å². The average molecular weight is 366 g/mol. The molecule has 0 spiro atoms. The fourth-order valence-electron chi connectivity index (χ4n) is 2.47. The second kappa shape index (κ2) is 7.74. The van der Waals surface area contributed by atoms with E-state index >= 15 is 0 Å². The van der Waals surface area contributed by atoms with Crippen LogP contribution in [0.3, 0.4) is 0 Å². The van der Waals surface area contributed by atoms with Crippen molar-refractivity contribution in [1.82, 2.24) is 10.6 Å². The molecule has 1 fully saturated rings. The highest BCUT2D eigenvalue weighted by Crippen LogP contribution is 2.27. The van der Waals surface area contributed by atoms with Gasteiger partial charge in [0.05, 0.1) is 17.8 Å². The maximum Gasteiger partial charge on any atom is 0.264 e. The molecular formula is C17H20ClN3O4. The first-order valence-electron chi connectivity index (χ1n) is 8.20. The minimum atomic E-state index is -0.719. The van der Waals surface area contributed by atoms with Gasteiger partial charge in [0.2, 0.25) is 12.0 Å². The summed E-state index contributed by atoms with van der Waals surface area (Å²) in [5.41, 5.74) is 1.27. The van der Waals surface area contributed by atoms with Crippen molar-refractivity contribution in [1.29, 1.82) is 0 Å². The number of carbonyl (C=O) groups is 2. The van der Waals surface area contributed by atoms with Gasteiger partial charge in [-0.2, -0.15) is 0 Å². The van der Waals surface area contributed by atoms with Gasteiger partial charge in [-0.3, -0.25) is 9.59 Å². The van der Waals surface area contributed by atoms with Gasteiger partial charge in [0.25, 0.3) is 5.91 Å². The molecular weight excluding hydrogens is 346 g/mol. The molecule has 2 aliphatic rings. The molecule has 1 aromatic rings. The number of benzene rings is 1. The van der Waals surface area contributed by atoms with Gasteiger partial charge >= 0.3 is 0 Å². The molecule has 8 heteroatoms. The number of halogens is 1. The second-order valence-electron chi connectivity index (χ2n) is 6.06. The van der Waals surface area contributed by atoms with Crippen LogP contribution in [0.5, 0.6) is 5.75 Å². The molecule has 3 rings (SSSR count). The molecule has 0 radical (unpaired) electrons. The number of carbonyl (C=O) groups excluding carboxylic acids is 2. The highest BCUT2D eigenvalue weighted by Gasteiger charge is 2.30. The van der Waals surface area contributed by atoms with E-state index in [1.807, 2.05) is 0 Å². The molecule has 1 heterocycles. The Kier molecular flexibility index (Phi) is 5.43. The van der Waals surface area contributed by atoms with Gasteiger partial charge in [0.1, 0.15) is 5.75 Å².